The molecule has 226 valence electrons. The van der Waals surface area contributed by atoms with E-state index in [-0.39, 0.29) is 23.4 Å². The first-order chi connectivity index (χ1) is 20.3. The van der Waals surface area contributed by atoms with E-state index >= 15 is 4.39 Å². The van der Waals surface area contributed by atoms with Gasteiger partial charge in [-0.2, -0.15) is 5.10 Å². The van der Waals surface area contributed by atoms with Gasteiger partial charge in [-0.15, -0.1) is 0 Å². The number of rotatable bonds is 7. The van der Waals surface area contributed by atoms with Crippen molar-refractivity contribution in [3.05, 3.63) is 79.8 Å². The molecular formula is C32H33Cl2FN4O4. The second-order valence-corrected chi connectivity index (χ2v) is 12.9. The molecule has 0 saturated carbocycles. The van der Waals surface area contributed by atoms with Crippen LogP contribution in [-0.2, 0) is 17.8 Å². The van der Waals surface area contributed by atoms with Crippen molar-refractivity contribution >= 4 is 40.7 Å². The first-order valence-electron chi connectivity index (χ1n) is 14.1. The van der Waals surface area contributed by atoms with Gasteiger partial charge >= 0.3 is 5.97 Å². The summed E-state index contributed by atoms with van der Waals surface area (Å²) in [6.45, 7) is 10.0. The number of carboxylic acid groups (broad SMARTS) is 1. The molecule has 0 aliphatic carbocycles. The normalized spacial score (nSPS) is 13.9. The first-order valence-corrected chi connectivity index (χ1v) is 14.8. The van der Waals surface area contributed by atoms with Gasteiger partial charge in [-0.05, 0) is 61.8 Å². The lowest BCUT2D eigenvalue weighted by molar-refractivity contribution is -0.139. The van der Waals surface area contributed by atoms with Gasteiger partial charge in [-0.3, -0.25) is 9.59 Å². The molecular weight excluding hydrogens is 594 g/mol. The number of aromatic nitrogens is 3. The highest BCUT2D eigenvalue weighted by Gasteiger charge is 2.34. The number of halogens is 3. The maximum atomic E-state index is 15.5. The molecule has 1 aliphatic heterocycles. The van der Waals surface area contributed by atoms with Crippen LogP contribution in [-0.4, -0.2) is 38.2 Å². The highest BCUT2D eigenvalue weighted by atomic mass is 35.5. The fourth-order valence-electron chi connectivity index (χ4n) is 5.70. The fourth-order valence-corrected chi connectivity index (χ4v) is 6.09. The van der Waals surface area contributed by atoms with Crippen molar-refractivity contribution in [1.29, 1.82) is 0 Å². The highest BCUT2D eigenvalue weighted by Crippen LogP contribution is 2.43. The smallest absolute Gasteiger partial charge is 0.311 e. The number of nitrogens with zero attached hydrogens (tertiary/aromatic N) is 3. The molecule has 0 radical (unpaired) electrons. The summed E-state index contributed by atoms with van der Waals surface area (Å²) in [5.74, 6) is -2.79. The van der Waals surface area contributed by atoms with Gasteiger partial charge in [-0.1, -0.05) is 56.1 Å². The predicted molar refractivity (Wildman–Crippen MR) is 164 cm³/mol. The van der Waals surface area contributed by atoms with E-state index in [1.807, 2.05) is 27.7 Å². The second-order valence-electron chi connectivity index (χ2n) is 12.1. The molecule has 3 heterocycles. The minimum atomic E-state index is -1.02. The number of hydrogen-bond donors (Lipinski definition) is 2. The fraction of sp³-hybridized carbons (Fsp3) is 0.375. The molecule has 2 aromatic carbocycles. The molecule has 0 saturated heterocycles. The van der Waals surface area contributed by atoms with Gasteiger partial charge in [0.25, 0.3) is 5.91 Å². The summed E-state index contributed by atoms with van der Waals surface area (Å²) in [4.78, 5) is 30.7. The minimum absolute atomic E-state index is 0.0607. The number of aryl methyl sites for hydroxylation is 1. The van der Waals surface area contributed by atoms with Crippen molar-refractivity contribution in [2.75, 3.05) is 6.61 Å². The summed E-state index contributed by atoms with van der Waals surface area (Å²) in [7, 11) is 0. The Balaban J connectivity index is 1.70. The van der Waals surface area contributed by atoms with Crippen LogP contribution in [0.4, 0.5) is 4.39 Å². The van der Waals surface area contributed by atoms with Crippen LogP contribution in [0.15, 0.2) is 30.3 Å². The zero-order valence-corrected chi connectivity index (χ0v) is 26.2. The first kappa shape index (κ1) is 30.8. The Labute approximate surface area is 259 Å². The molecule has 0 spiro atoms. The highest BCUT2D eigenvalue weighted by molar-refractivity contribution is 6.42. The van der Waals surface area contributed by atoms with Crippen molar-refractivity contribution in [2.45, 2.75) is 66.3 Å². The number of ether oxygens (including phenoxy) is 1. The lowest BCUT2D eigenvalue weighted by Gasteiger charge is -2.28. The maximum Gasteiger partial charge on any atom is 0.311 e. The average Bonchev–Trinajstić information content (AvgIpc) is 3.37. The van der Waals surface area contributed by atoms with Crippen LogP contribution in [0.3, 0.4) is 0 Å². The van der Waals surface area contributed by atoms with Gasteiger partial charge < -0.3 is 15.2 Å². The summed E-state index contributed by atoms with van der Waals surface area (Å²) < 4.78 is 22.7. The molecule has 0 fully saturated rings. The summed E-state index contributed by atoms with van der Waals surface area (Å²) in [5, 5.41) is 18.6. The molecule has 8 nitrogen and oxygen atoms in total. The third-order valence-electron chi connectivity index (χ3n) is 7.69. The zero-order chi connectivity index (χ0) is 31.2. The van der Waals surface area contributed by atoms with Crippen LogP contribution in [0.25, 0.3) is 16.9 Å². The van der Waals surface area contributed by atoms with Crippen LogP contribution in [0.2, 0.25) is 10.0 Å². The largest absolute Gasteiger partial charge is 0.490 e. The van der Waals surface area contributed by atoms with E-state index < -0.39 is 23.6 Å². The van der Waals surface area contributed by atoms with E-state index in [0.717, 1.165) is 17.5 Å². The maximum absolute atomic E-state index is 15.5. The topological polar surface area (TPSA) is 106 Å². The van der Waals surface area contributed by atoms with Crippen LogP contribution in [0.1, 0.15) is 78.0 Å². The van der Waals surface area contributed by atoms with E-state index in [2.05, 4.69) is 15.4 Å². The van der Waals surface area contributed by atoms with Crippen LogP contribution in [0, 0.1) is 25.1 Å². The summed E-state index contributed by atoms with van der Waals surface area (Å²) in [5.41, 5.74) is 3.94. The summed E-state index contributed by atoms with van der Waals surface area (Å²) in [6, 6.07) is 8.05. The Morgan fingerprint density at radius 2 is 1.95 bits per heavy atom. The number of amides is 1. The second kappa shape index (κ2) is 11.8. The molecule has 11 heteroatoms. The molecule has 0 bridgehead atoms. The lowest BCUT2D eigenvalue weighted by Crippen LogP contribution is -2.24. The number of fused-ring (bicyclic) bond motifs is 2. The van der Waals surface area contributed by atoms with E-state index in [9.17, 15) is 14.7 Å². The molecule has 2 aromatic heterocycles. The Hall–Kier alpha value is -3.69. The van der Waals surface area contributed by atoms with E-state index in [0.29, 0.717) is 63.2 Å². The number of carbonyl (C=O) groups excluding carboxylic acids is 1. The zero-order valence-electron chi connectivity index (χ0n) is 24.6. The molecule has 4 aromatic rings. The van der Waals surface area contributed by atoms with Gasteiger partial charge in [0.05, 0.1) is 28.3 Å². The Morgan fingerprint density at radius 3 is 2.65 bits per heavy atom. The van der Waals surface area contributed by atoms with Gasteiger partial charge in [0, 0.05) is 35.0 Å². The van der Waals surface area contributed by atoms with Crippen molar-refractivity contribution in [3.8, 4) is 17.0 Å². The number of nitrogens with one attached hydrogen (secondary N) is 1. The van der Waals surface area contributed by atoms with Crippen molar-refractivity contribution < 1.29 is 23.8 Å². The predicted octanol–water partition coefficient (Wildman–Crippen LogP) is 7.32. The van der Waals surface area contributed by atoms with E-state index in [4.69, 9.17) is 27.9 Å². The summed E-state index contributed by atoms with van der Waals surface area (Å²) in [6.07, 6.45) is 1.66. The van der Waals surface area contributed by atoms with Crippen LogP contribution in [0.5, 0.6) is 5.75 Å². The number of carbonyl (C=O) groups is 2. The van der Waals surface area contributed by atoms with Gasteiger partial charge in [0.15, 0.2) is 22.9 Å². The van der Waals surface area contributed by atoms with E-state index in [1.54, 1.807) is 25.1 Å². The summed E-state index contributed by atoms with van der Waals surface area (Å²) >= 11 is 12.4. The number of aliphatic carboxylic acids is 1. The molecule has 1 aliphatic rings. The Kier molecular flexibility index (Phi) is 8.42. The molecule has 1 atom stereocenters. The van der Waals surface area contributed by atoms with Gasteiger partial charge in [0.1, 0.15) is 0 Å². The molecule has 5 rings (SSSR count). The van der Waals surface area contributed by atoms with Gasteiger partial charge in [-0.25, -0.2) is 13.9 Å². The minimum Gasteiger partial charge on any atom is -0.490 e. The van der Waals surface area contributed by atoms with E-state index in [1.165, 1.54) is 16.6 Å². The SMILES string of the molecule is Cc1nc2cc(C(=O)NCc3cccc(Cl)c3Cl)nn2c(-c2cc(F)c3c(c2C)CCCO3)c1[C@H](CC(C)(C)C)C(=O)O. The van der Waals surface area contributed by atoms with Crippen molar-refractivity contribution in [1.82, 2.24) is 19.9 Å². The third kappa shape index (κ3) is 6.06. The molecule has 1 amide bonds. The number of hydrogen-bond acceptors (Lipinski definition) is 5. The quantitative estimate of drug-likeness (QED) is 0.223. The van der Waals surface area contributed by atoms with Gasteiger partial charge in [0.2, 0.25) is 0 Å². The Morgan fingerprint density at radius 1 is 1.21 bits per heavy atom. The third-order valence-corrected chi connectivity index (χ3v) is 8.55. The molecule has 0 unspecified atom stereocenters. The average molecular weight is 628 g/mol. The molecule has 2 N–H and O–H groups in total. The van der Waals surface area contributed by atoms with Crippen molar-refractivity contribution in [2.24, 2.45) is 5.41 Å². The lowest BCUT2D eigenvalue weighted by atomic mass is 9.79. The number of benzene rings is 2. The van der Waals surface area contributed by atoms with Crippen molar-refractivity contribution in [3.63, 3.8) is 0 Å². The Bertz CT molecular complexity index is 1760. The molecule has 43 heavy (non-hydrogen) atoms. The van der Waals surface area contributed by atoms with Crippen LogP contribution >= 0.6 is 23.2 Å². The van der Waals surface area contributed by atoms with Crippen LogP contribution < -0.4 is 10.1 Å². The number of carboxylic acids is 1. The standard InChI is InChI=1S/C32H33Cl2FN4O4/c1-16-19-9-7-11-43-29(19)23(35)12-20(16)28-26(21(31(41)42)14-32(3,4)5)17(2)37-25-13-24(38-39(25)28)30(40)36-15-18-8-6-10-22(33)27(18)34/h6,8,10,12-13,21H,7,9,11,14-15H2,1-5H3,(H,36,40)(H,41,42)/t21-/m0/s1. The monoisotopic (exact) mass is 626 g/mol.